The Kier molecular flexibility index (Phi) is 4.61. The van der Waals surface area contributed by atoms with Gasteiger partial charge in [0.15, 0.2) is 0 Å². The quantitative estimate of drug-likeness (QED) is 0.786. The molecule has 1 amide bonds. The Hall–Kier alpha value is -0.370. The Morgan fingerprint density at radius 3 is 3.06 bits per heavy atom. The predicted molar refractivity (Wildman–Crippen MR) is 75.4 cm³/mol. The van der Waals surface area contributed by atoms with Crippen LogP contribution in [-0.2, 0) is 9.53 Å². The first kappa shape index (κ1) is 13.1. The minimum absolute atomic E-state index is 0.118. The van der Waals surface area contributed by atoms with Crippen molar-refractivity contribution in [2.75, 3.05) is 25.1 Å². The van der Waals surface area contributed by atoms with Crippen molar-refractivity contribution in [1.82, 2.24) is 5.32 Å². The molecule has 0 aromatic heterocycles. The molecule has 1 unspecified atom stereocenters. The molecule has 1 saturated heterocycles. The molecule has 92 valence electrons. The van der Waals surface area contributed by atoms with E-state index in [-0.39, 0.29) is 11.9 Å². The van der Waals surface area contributed by atoms with Gasteiger partial charge < -0.3 is 15.4 Å². The van der Waals surface area contributed by atoms with Crippen molar-refractivity contribution in [2.24, 2.45) is 0 Å². The van der Waals surface area contributed by atoms with Gasteiger partial charge in [-0.3, -0.25) is 4.79 Å². The number of hydrogen-bond donors (Lipinski definition) is 2. The fourth-order valence-corrected chi connectivity index (χ4v) is 2.45. The lowest BCUT2D eigenvalue weighted by Gasteiger charge is -2.23. The summed E-state index contributed by atoms with van der Waals surface area (Å²) >= 11 is 8.21. The molecule has 4 nitrogen and oxygen atoms in total. The summed E-state index contributed by atoms with van der Waals surface area (Å²) in [7, 11) is 0. The Bertz CT molecular complexity index is 422. The minimum Gasteiger partial charge on any atom is -0.378 e. The monoisotopic (exact) mass is 366 g/mol. The van der Waals surface area contributed by atoms with Crippen molar-refractivity contribution < 1.29 is 9.53 Å². The lowest BCUT2D eigenvalue weighted by Crippen LogP contribution is -2.48. The molecule has 2 rings (SSSR count). The van der Waals surface area contributed by atoms with Crippen molar-refractivity contribution in [2.45, 2.75) is 6.04 Å². The second kappa shape index (κ2) is 5.99. The van der Waals surface area contributed by atoms with Crippen LogP contribution in [0.1, 0.15) is 0 Å². The fraction of sp³-hybridized carbons (Fsp3) is 0.364. The van der Waals surface area contributed by atoms with Crippen molar-refractivity contribution in [3.05, 3.63) is 26.8 Å². The maximum Gasteiger partial charge on any atom is 0.243 e. The van der Waals surface area contributed by atoms with Crippen LogP contribution in [0.15, 0.2) is 18.2 Å². The number of amides is 1. The molecule has 0 aliphatic carbocycles. The summed E-state index contributed by atoms with van der Waals surface area (Å²) in [5.41, 5.74) is 0.629. The van der Waals surface area contributed by atoms with Gasteiger partial charge in [-0.05, 0) is 40.8 Å². The highest BCUT2D eigenvalue weighted by atomic mass is 127. The van der Waals surface area contributed by atoms with Gasteiger partial charge in [0.25, 0.3) is 0 Å². The van der Waals surface area contributed by atoms with E-state index in [0.29, 0.717) is 30.5 Å². The number of carbonyl (C=O) groups excluding carboxylic acids is 1. The summed E-state index contributed by atoms with van der Waals surface area (Å²) in [4.78, 5) is 11.9. The molecule has 0 radical (unpaired) electrons. The molecule has 6 heteroatoms. The van der Waals surface area contributed by atoms with E-state index >= 15 is 0 Å². The van der Waals surface area contributed by atoms with Crippen molar-refractivity contribution in [3.8, 4) is 0 Å². The Morgan fingerprint density at radius 1 is 1.59 bits per heavy atom. The topological polar surface area (TPSA) is 50.4 Å². The average molecular weight is 367 g/mol. The van der Waals surface area contributed by atoms with Crippen LogP contribution >= 0.6 is 34.2 Å². The lowest BCUT2D eigenvalue weighted by molar-refractivity contribution is -0.120. The molecular formula is C11H12ClIN2O2. The fourth-order valence-electron chi connectivity index (χ4n) is 1.54. The molecule has 1 aromatic rings. The summed E-state index contributed by atoms with van der Waals surface area (Å²) in [6.45, 7) is 1.74. The number of benzene rings is 1. The van der Waals surface area contributed by atoms with Gasteiger partial charge in [-0.25, -0.2) is 0 Å². The van der Waals surface area contributed by atoms with Gasteiger partial charge in [0.2, 0.25) is 5.91 Å². The Morgan fingerprint density at radius 2 is 2.41 bits per heavy atom. The predicted octanol–water partition coefficient (Wildman–Crippen LogP) is 1.87. The summed E-state index contributed by atoms with van der Waals surface area (Å²) in [6.07, 6.45) is 0. The molecular weight excluding hydrogens is 354 g/mol. The molecule has 17 heavy (non-hydrogen) atoms. The van der Waals surface area contributed by atoms with E-state index in [1.807, 2.05) is 12.1 Å². The highest BCUT2D eigenvalue weighted by Gasteiger charge is 2.21. The zero-order chi connectivity index (χ0) is 12.3. The summed E-state index contributed by atoms with van der Waals surface area (Å²) < 4.78 is 6.26. The number of rotatable bonds is 2. The Balaban J connectivity index is 2.02. The van der Waals surface area contributed by atoms with Crippen LogP contribution in [0, 0.1) is 3.57 Å². The van der Waals surface area contributed by atoms with Crippen LogP contribution in [-0.4, -0.2) is 31.7 Å². The lowest BCUT2D eigenvalue weighted by atomic mass is 10.2. The highest BCUT2D eigenvalue weighted by molar-refractivity contribution is 14.1. The molecule has 0 spiro atoms. The van der Waals surface area contributed by atoms with E-state index in [1.165, 1.54) is 0 Å². The summed E-state index contributed by atoms with van der Waals surface area (Å²) in [6, 6.07) is 5.19. The number of halogens is 2. The van der Waals surface area contributed by atoms with Crippen LogP contribution < -0.4 is 10.6 Å². The van der Waals surface area contributed by atoms with Gasteiger partial charge in [0.1, 0.15) is 6.04 Å². The first-order valence-corrected chi connectivity index (χ1v) is 6.69. The van der Waals surface area contributed by atoms with E-state index in [0.717, 1.165) is 3.57 Å². The second-order valence-corrected chi connectivity index (χ2v) is 5.35. The second-order valence-electron chi connectivity index (χ2n) is 3.70. The summed E-state index contributed by atoms with van der Waals surface area (Å²) in [5.74, 6) is -0.118. The highest BCUT2D eigenvalue weighted by Crippen LogP contribution is 2.23. The van der Waals surface area contributed by atoms with Gasteiger partial charge in [-0.2, -0.15) is 0 Å². The van der Waals surface area contributed by atoms with Crippen LogP contribution in [0.3, 0.4) is 0 Å². The van der Waals surface area contributed by atoms with Crippen LogP contribution in [0.25, 0.3) is 0 Å². The van der Waals surface area contributed by atoms with Gasteiger partial charge in [0, 0.05) is 10.1 Å². The standard InChI is InChI=1S/C11H12ClIN2O2/c12-8-5-7(13)1-2-9(8)15-11(16)10-6-17-4-3-14-10/h1-2,5,10,14H,3-4,6H2,(H,15,16). The van der Waals surface area contributed by atoms with Gasteiger partial charge in [-0.15, -0.1) is 0 Å². The summed E-state index contributed by atoms with van der Waals surface area (Å²) in [5, 5.41) is 6.42. The number of morpholine rings is 1. The van der Waals surface area contributed by atoms with Crippen molar-refractivity contribution in [1.29, 1.82) is 0 Å². The SMILES string of the molecule is O=C(Nc1ccc(I)cc1Cl)C1COCCN1. The normalized spacial score (nSPS) is 20.0. The Labute approximate surface area is 118 Å². The molecule has 0 saturated carbocycles. The third kappa shape index (κ3) is 3.54. The third-order valence-corrected chi connectivity index (χ3v) is 3.41. The number of hydrogen-bond acceptors (Lipinski definition) is 3. The third-order valence-electron chi connectivity index (χ3n) is 2.43. The van der Waals surface area contributed by atoms with Gasteiger partial charge >= 0.3 is 0 Å². The van der Waals surface area contributed by atoms with Crippen LogP contribution in [0.2, 0.25) is 5.02 Å². The maximum absolute atomic E-state index is 11.9. The number of anilines is 1. The molecule has 1 aliphatic heterocycles. The zero-order valence-corrected chi connectivity index (χ0v) is 11.9. The molecule has 1 fully saturated rings. The zero-order valence-electron chi connectivity index (χ0n) is 9.00. The molecule has 0 bridgehead atoms. The smallest absolute Gasteiger partial charge is 0.243 e. The molecule has 1 heterocycles. The van der Waals surface area contributed by atoms with E-state index in [2.05, 4.69) is 33.2 Å². The van der Waals surface area contributed by atoms with Gasteiger partial charge in [0.05, 0.1) is 23.9 Å². The maximum atomic E-state index is 11.9. The van der Waals surface area contributed by atoms with E-state index in [1.54, 1.807) is 6.07 Å². The van der Waals surface area contributed by atoms with E-state index in [4.69, 9.17) is 16.3 Å². The molecule has 1 aliphatic rings. The van der Waals surface area contributed by atoms with E-state index < -0.39 is 0 Å². The molecule has 2 N–H and O–H groups in total. The van der Waals surface area contributed by atoms with Gasteiger partial charge in [-0.1, -0.05) is 11.6 Å². The van der Waals surface area contributed by atoms with Crippen LogP contribution in [0.4, 0.5) is 5.69 Å². The van der Waals surface area contributed by atoms with Crippen molar-refractivity contribution >= 4 is 45.8 Å². The number of carbonyl (C=O) groups is 1. The van der Waals surface area contributed by atoms with Crippen molar-refractivity contribution in [3.63, 3.8) is 0 Å². The van der Waals surface area contributed by atoms with E-state index in [9.17, 15) is 4.79 Å². The first-order chi connectivity index (χ1) is 8.16. The number of ether oxygens (including phenoxy) is 1. The first-order valence-electron chi connectivity index (χ1n) is 5.24. The number of nitrogens with one attached hydrogen (secondary N) is 2. The molecule has 1 atom stereocenters. The molecule has 1 aromatic carbocycles. The average Bonchev–Trinajstić information content (AvgIpc) is 2.34. The van der Waals surface area contributed by atoms with Crippen LogP contribution in [0.5, 0.6) is 0 Å². The minimum atomic E-state index is -0.306. The largest absolute Gasteiger partial charge is 0.378 e.